The average molecular weight is 241 g/mol. The van der Waals surface area contributed by atoms with E-state index in [0.29, 0.717) is 11.5 Å². The minimum atomic E-state index is -0.862. The molecule has 1 fully saturated rings. The minimum Gasteiger partial charge on any atom is -0.330 e. The van der Waals surface area contributed by atoms with Gasteiger partial charge in [-0.25, -0.2) is 4.79 Å². The number of Topliss-reactive ketones (excluding diaryl/α,β-unsaturated/α-hetero) is 1. The van der Waals surface area contributed by atoms with Gasteiger partial charge in [-0.2, -0.15) is 0 Å². The molecule has 1 unspecified atom stereocenters. The largest absolute Gasteiger partial charge is 0.340 e. The van der Waals surface area contributed by atoms with Gasteiger partial charge in [0.1, 0.15) is 12.2 Å². The van der Waals surface area contributed by atoms with Crippen molar-refractivity contribution in [3.05, 3.63) is 0 Å². The first-order valence-electron chi connectivity index (χ1n) is 5.55. The summed E-state index contributed by atoms with van der Waals surface area (Å²) in [5.74, 6) is -2.67. The molecule has 0 aromatic heterocycles. The van der Waals surface area contributed by atoms with E-state index in [4.69, 9.17) is 0 Å². The van der Waals surface area contributed by atoms with Crippen LogP contribution < -0.4 is 0 Å². The highest BCUT2D eigenvalue weighted by Crippen LogP contribution is 2.19. The highest BCUT2D eigenvalue weighted by molar-refractivity contribution is 6.04. The fraction of sp³-hybridized carbons (Fsp3) is 0.636. The summed E-state index contributed by atoms with van der Waals surface area (Å²) < 4.78 is 0. The van der Waals surface area contributed by atoms with E-state index in [9.17, 15) is 19.2 Å². The van der Waals surface area contributed by atoms with E-state index in [-0.39, 0.29) is 18.6 Å². The smallest absolute Gasteiger partial charge is 0.330 e. The van der Waals surface area contributed by atoms with Crippen LogP contribution in [0.3, 0.4) is 0 Å². The topological polar surface area (TPSA) is 80.8 Å². The Kier molecular flexibility index (Phi) is 4.37. The van der Waals surface area contributed by atoms with Crippen LogP contribution >= 0.6 is 0 Å². The SMILES string of the molecule is CCCC(=O)CC(=O)ON1C(=O)CC(C)C1=O. The van der Waals surface area contributed by atoms with Crippen molar-refractivity contribution in [3.63, 3.8) is 0 Å². The standard InChI is InChI=1S/C11H15NO5/c1-3-4-8(13)6-10(15)17-12-9(14)5-7(2)11(12)16/h7H,3-6H2,1-2H3. The molecule has 0 radical (unpaired) electrons. The van der Waals surface area contributed by atoms with E-state index in [1.165, 1.54) is 0 Å². The van der Waals surface area contributed by atoms with Crippen molar-refractivity contribution >= 4 is 23.6 Å². The molecule has 0 N–H and O–H groups in total. The third-order valence-corrected chi connectivity index (χ3v) is 2.39. The molecule has 1 heterocycles. The van der Waals surface area contributed by atoms with E-state index < -0.39 is 30.1 Å². The zero-order valence-electron chi connectivity index (χ0n) is 9.89. The predicted octanol–water partition coefficient (Wildman–Crippen LogP) is 0.599. The van der Waals surface area contributed by atoms with Gasteiger partial charge in [-0.1, -0.05) is 13.8 Å². The molecular formula is C11H15NO5. The predicted molar refractivity (Wildman–Crippen MR) is 56.3 cm³/mol. The number of amides is 2. The lowest BCUT2D eigenvalue weighted by Gasteiger charge is -2.12. The van der Waals surface area contributed by atoms with Crippen molar-refractivity contribution in [2.75, 3.05) is 0 Å². The molecule has 1 rings (SSSR count). The second-order valence-corrected chi connectivity index (χ2v) is 4.06. The van der Waals surface area contributed by atoms with Crippen molar-refractivity contribution in [1.29, 1.82) is 0 Å². The molecule has 0 aromatic rings. The van der Waals surface area contributed by atoms with Gasteiger partial charge in [0.15, 0.2) is 0 Å². The number of hydrogen-bond donors (Lipinski definition) is 0. The summed E-state index contributed by atoms with van der Waals surface area (Å²) in [5, 5.41) is 0.465. The third-order valence-electron chi connectivity index (χ3n) is 2.39. The Morgan fingerprint density at radius 3 is 2.53 bits per heavy atom. The Morgan fingerprint density at radius 2 is 2.06 bits per heavy atom. The molecule has 1 saturated heterocycles. The van der Waals surface area contributed by atoms with E-state index >= 15 is 0 Å². The van der Waals surface area contributed by atoms with E-state index in [0.717, 1.165) is 0 Å². The maximum Gasteiger partial charge on any atom is 0.340 e. The number of ketones is 1. The number of imide groups is 1. The Morgan fingerprint density at radius 1 is 1.41 bits per heavy atom. The van der Waals surface area contributed by atoms with Crippen LogP contribution in [0.15, 0.2) is 0 Å². The van der Waals surface area contributed by atoms with Crippen LogP contribution in [0.1, 0.15) is 39.5 Å². The van der Waals surface area contributed by atoms with Gasteiger partial charge in [0, 0.05) is 18.8 Å². The van der Waals surface area contributed by atoms with E-state index in [1.807, 2.05) is 6.92 Å². The highest BCUT2D eigenvalue weighted by atomic mass is 16.7. The third kappa shape index (κ3) is 3.37. The Labute approximate surface area is 98.9 Å². The Bertz CT molecular complexity index is 363. The van der Waals surface area contributed by atoms with Crippen LogP contribution in [-0.2, 0) is 24.0 Å². The summed E-state index contributed by atoms with van der Waals surface area (Å²) in [5.41, 5.74) is 0. The summed E-state index contributed by atoms with van der Waals surface area (Å²) in [6.07, 6.45) is 0.562. The minimum absolute atomic E-state index is 0.0367. The highest BCUT2D eigenvalue weighted by Gasteiger charge is 2.39. The van der Waals surface area contributed by atoms with Crippen LogP contribution in [0, 0.1) is 5.92 Å². The lowest BCUT2D eigenvalue weighted by Crippen LogP contribution is -2.33. The van der Waals surface area contributed by atoms with Crippen LogP contribution in [-0.4, -0.2) is 28.6 Å². The first kappa shape index (κ1) is 13.3. The molecule has 17 heavy (non-hydrogen) atoms. The Balaban J connectivity index is 2.49. The molecule has 6 nitrogen and oxygen atoms in total. The van der Waals surface area contributed by atoms with E-state index in [2.05, 4.69) is 4.84 Å². The molecule has 0 aromatic carbocycles. The van der Waals surface area contributed by atoms with Gasteiger partial charge in [0.05, 0.1) is 0 Å². The van der Waals surface area contributed by atoms with Crippen molar-refractivity contribution in [3.8, 4) is 0 Å². The molecule has 0 spiro atoms. The molecular weight excluding hydrogens is 226 g/mol. The van der Waals surface area contributed by atoms with Gasteiger partial charge in [-0.15, -0.1) is 5.06 Å². The number of carbonyl (C=O) groups is 4. The normalized spacial score (nSPS) is 19.6. The number of hydrogen-bond acceptors (Lipinski definition) is 5. The summed E-state index contributed by atoms with van der Waals surface area (Å²) in [7, 11) is 0. The fourth-order valence-electron chi connectivity index (χ4n) is 1.51. The van der Waals surface area contributed by atoms with Crippen LogP contribution in [0.4, 0.5) is 0 Å². The molecule has 1 aliphatic heterocycles. The summed E-state index contributed by atoms with van der Waals surface area (Å²) in [6, 6.07) is 0. The average Bonchev–Trinajstić information content (AvgIpc) is 2.45. The molecule has 1 atom stereocenters. The van der Waals surface area contributed by atoms with Gasteiger partial charge < -0.3 is 4.84 Å². The fourth-order valence-corrected chi connectivity index (χ4v) is 1.51. The summed E-state index contributed by atoms with van der Waals surface area (Å²) in [6.45, 7) is 3.40. The van der Waals surface area contributed by atoms with Crippen molar-refractivity contribution in [2.45, 2.75) is 39.5 Å². The molecule has 2 amide bonds. The van der Waals surface area contributed by atoms with Gasteiger partial charge in [-0.3, -0.25) is 14.4 Å². The number of nitrogens with zero attached hydrogens (tertiary/aromatic N) is 1. The molecule has 1 aliphatic rings. The zero-order valence-corrected chi connectivity index (χ0v) is 9.89. The van der Waals surface area contributed by atoms with Gasteiger partial charge in [0.2, 0.25) is 0 Å². The van der Waals surface area contributed by atoms with Crippen LogP contribution in [0.2, 0.25) is 0 Å². The number of hydroxylamine groups is 2. The quantitative estimate of drug-likeness (QED) is 0.520. The first-order chi connectivity index (χ1) is 7.95. The van der Waals surface area contributed by atoms with Gasteiger partial charge >= 0.3 is 5.97 Å². The van der Waals surface area contributed by atoms with Crippen LogP contribution in [0.5, 0.6) is 0 Å². The zero-order chi connectivity index (χ0) is 13.0. The van der Waals surface area contributed by atoms with Gasteiger partial charge in [0.25, 0.3) is 11.8 Å². The number of rotatable bonds is 5. The first-order valence-corrected chi connectivity index (χ1v) is 5.55. The second-order valence-electron chi connectivity index (χ2n) is 4.06. The lowest BCUT2D eigenvalue weighted by atomic mass is 10.1. The summed E-state index contributed by atoms with van der Waals surface area (Å²) in [4.78, 5) is 49.7. The van der Waals surface area contributed by atoms with E-state index in [1.54, 1.807) is 6.92 Å². The lowest BCUT2D eigenvalue weighted by molar-refractivity contribution is -0.198. The Hall–Kier alpha value is -1.72. The van der Waals surface area contributed by atoms with Gasteiger partial charge in [-0.05, 0) is 6.42 Å². The second kappa shape index (κ2) is 5.56. The molecule has 6 heteroatoms. The molecule has 0 saturated carbocycles. The monoisotopic (exact) mass is 241 g/mol. The maximum absolute atomic E-state index is 11.4. The molecule has 0 bridgehead atoms. The summed E-state index contributed by atoms with van der Waals surface area (Å²) >= 11 is 0. The van der Waals surface area contributed by atoms with Crippen molar-refractivity contribution in [2.24, 2.45) is 5.92 Å². The van der Waals surface area contributed by atoms with Crippen molar-refractivity contribution < 1.29 is 24.0 Å². The number of carbonyl (C=O) groups excluding carboxylic acids is 4. The molecule has 0 aliphatic carbocycles. The van der Waals surface area contributed by atoms with Crippen molar-refractivity contribution in [1.82, 2.24) is 5.06 Å². The maximum atomic E-state index is 11.4. The van der Waals surface area contributed by atoms with Crippen LogP contribution in [0.25, 0.3) is 0 Å². The molecule has 94 valence electrons.